The molecule has 1 fully saturated rings. The molecule has 0 unspecified atom stereocenters. The summed E-state index contributed by atoms with van der Waals surface area (Å²) in [7, 11) is 3.09. The Hall–Kier alpha value is -2.78. The fraction of sp³-hybridized carbons (Fsp3) is 0.375. The van der Waals surface area contributed by atoms with Crippen LogP contribution in [-0.2, 0) is 4.79 Å². The number of carbonyl (C=O) groups excluding carboxylic acids is 2. The zero-order valence-corrected chi connectivity index (χ0v) is 20.3. The van der Waals surface area contributed by atoms with Crippen molar-refractivity contribution in [3.63, 3.8) is 0 Å². The number of hydrogen-bond donors (Lipinski definition) is 2. The van der Waals surface area contributed by atoms with Crippen LogP contribution in [-0.4, -0.2) is 42.8 Å². The highest BCUT2D eigenvalue weighted by Crippen LogP contribution is 2.32. The van der Waals surface area contributed by atoms with Crippen molar-refractivity contribution < 1.29 is 19.1 Å². The van der Waals surface area contributed by atoms with E-state index in [0.29, 0.717) is 34.5 Å². The van der Waals surface area contributed by atoms with Crippen LogP contribution in [0.5, 0.6) is 11.5 Å². The van der Waals surface area contributed by atoms with E-state index >= 15 is 0 Å². The van der Waals surface area contributed by atoms with E-state index in [1.54, 1.807) is 25.3 Å². The van der Waals surface area contributed by atoms with Crippen LogP contribution in [0, 0.1) is 0 Å². The topological polar surface area (TPSA) is 89.5 Å². The molecule has 0 saturated heterocycles. The molecule has 3 aromatic rings. The summed E-state index contributed by atoms with van der Waals surface area (Å²) >= 11 is 2.97. The number of rotatable bonds is 8. The number of hydrogen-bond acceptors (Lipinski definition) is 7. The first-order valence-corrected chi connectivity index (χ1v) is 12.7. The third kappa shape index (κ3) is 5.97. The van der Waals surface area contributed by atoms with Gasteiger partial charge in [0.2, 0.25) is 5.91 Å². The molecule has 4 rings (SSSR count). The number of ether oxygens (including phenoxy) is 2. The molecular formula is C24H27N3O4S2. The molecule has 0 aliphatic heterocycles. The molecule has 7 nitrogen and oxygen atoms in total. The van der Waals surface area contributed by atoms with E-state index in [9.17, 15) is 9.59 Å². The van der Waals surface area contributed by atoms with Gasteiger partial charge in [-0.1, -0.05) is 31.0 Å². The maximum absolute atomic E-state index is 12.7. The van der Waals surface area contributed by atoms with Crippen LogP contribution in [0.25, 0.3) is 10.2 Å². The third-order valence-electron chi connectivity index (χ3n) is 5.57. The van der Waals surface area contributed by atoms with E-state index in [0.717, 1.165) is 27.4 Å². The van der Waals surface area contributed by atoms with Crippen LogP contribution in [0.1, 0.15) is 42.5 Å². The number of fused-ring (bicyclic) bond motifs is 1. The van der Waals surface area contributed by atoms with E-state index in [1.165, 1.54) is 49.5 Å². The minimum absolute atomic E-state index is 0.0639. The van der Waals surface area contributed by atoms with Crippen LogP contribution in [0.15, 0.2) is 40.7 Å². The first-order valence-electron chi connectivity index (χ1n) is 10.9. The number of nitrogens with one attached hydrogen (secondary N) is 2. The number of methoxy groups -OCH3 is 2. The maximum Gasteiger partial charge on any atom is 0.255 e. The molecule has 33 heavy (non-hydrogen) atoms. The van der Waals surface area contributed by atoms with Crippen LogP contribution in [0.3, 0.4) is 0 Å². The smallest absolute Gasteiger partial charge is 0.255 e. The molecule has 2 aromatic carbocycles. The van der Waals surface area contributed by atoms with Crippen LogP contribution >= 0.6 is 23.1 Å². The normalized spacial score (nSPS) is 14.1. The van der Waals surface area contributed by atoms with Crippen molar-refractivity contribution in [2.24, 2.45) is 0 Å². The lowest BCUT2D eigenvalue weighted by Gasteiger charge is -2.22. The van der Waals surface area contributed by atoms with Gasteiger partial charge in [0.1, 0.15) is 0 Å². The lowest BCUT2D eigenvalue weighted by Crippen LogP contribution is -2.37. The van der Waals surface area contributed by atoms with Gasteiger partial charge in [0.15, 0.2) is 15.8 Å². The summed E-state index contributed by atoms with van der Waals surface area (Å²) < 4.78 is 12.3. The molecule has 9 heteroatoms. The first-order chi connectivity index (χ1) is 16.1. The van der Waals surface area contributed by atoms with Gasteiger partial charge in [-0.15, -0.1) is 11.3 Å². The van der Waals surface area contributed by atoms with Crippen molar-refractivity contribution in [3.05, 3.63) is 42.0 Å². The second-order valence-corrected chi connectivity index (χ2v) is 10.1. The Kier molecular flexibility index (Phi) is 7.72. The van der Waals surface area contributed by atoms with Crippen molar-refractivity contribution in [3.8, 4) is 11.5 Å². The highest BCUT2D eigenvalue weighted by molar-refractivity contribution is 8.01. The third-order valence-corrected chi connectivity index (χ3v) is 7.73. The van der Waals surface area contributed by atoms with Gasteiger partial charge in [0.25, 0.3) is 5.91 Å². The van der Waals surface area contributed by atoms with Crippen LogP contribution < -0.4 is 20.1 Å². The lowest BCUT2D eigenvalue weighted by atomic mass is 9.95. The molecule has 1 aromatic heterocycles. The second-order valence-electron chi connectivity index (χ2n) is 7.88. The van der Waals surface area contributed by atoms with Gasteiger partial charge in [-0.05, 0) is 49.2 Å². The predicted octanol–water partition coefficient (Wildman–Crippen LogP) is 5.11. The second kappa shape index (κ2) is 10.9. The van der Waals surface area contributed by atoms with Crippen molar-refractivity contribution in [2.45, 2.75) is 42.5 Å². The standard InChI is InChI=1S/C24H27N3O4S2/c1-30-19-11-8-15(12-20(19)31-2)23(29)26-17-9-10-18-21(13-17)33-24(27-18)32-14-22(28)25-16-6-4-3-5-7-16/h8-13,16H,3-7,14H2,1-2H3,(H,25,28)(H,26,29). The maximum atomic E-state index is 12.7. The fourth-order valence-corrected chi connectivity index (χ4v) is 5.79. The van der Waals surface area contributed by atoms with Crippen molar-refractivity contribution in [2.75, 3.05) is 25.3 Å². The summed E-state index contributed by atoms with van der Waals surface area (Å²) in [6, 6.07) is 11.0. The van der Waals surface area contributed by atoms with Crippen LogP contribution in [0.4, 0.5) is 5.69 Å². The number of anilines is 1. The van der Waals surface area contributed by atoms with E-state index in [2.05, 4.69) is 15.6 Å². The molecule has 0 radical (unpaired) electrons. The Morgan fingerprint density at radius 1 is 1.06 bits per heavy atom. The molecule has 0 bridgehead atoms. The Bertz CT molecular complexity index is 1140. The molecule has 1 aliphatic rings. The highest BCUT2D eigenvalue weighted by Gasteiger charge is 2.17. The fourth-order valence-electron chi connectivity index (χ4n) is 3.87. The summed E-state index contributed by atoms with van der Waals surface area (Å²) in [5, 5.41) is 6.05. The molecule has 174 valence electrons. The Morgan fingerprint density at radius 3 is 2.61 bits per heavy atom. The Morgan fingerprint density at radius 2 is 1.85 bits per heavy atom. The van der Waals surface area contributed by atoms with E-state index < -0.39 is 0 Å². The SMILES string of the molecule is COc1ccc(C(=O)Nc2ccc3nc(SCC(=O)NC4CCCCC4)sc3c2)cc1OC. The number of thioether (sulfide) groups is 1. The monoisotopic (exact) mass is 485 g/mol. The number of aromatic nitrogens is 1. The summed E-state index contributed by atoms with van der Waals surface area (Å²) in [6.07, 6.45) is 5.82. The van der Waals surface area contributed by atoms with Crippen LogP contribution in [0.2, 0.25) is 0 Å². The number of benzene rings is 2. The molecule has 1 heterocycles. The summed E-state index contributed by atoms with van der Waals surface area (Å²) in [6.45, 7) is 0. The van der Waals surface area contributed by atoms with E-state index in [-0.39, 0.29) is 11.8 Å². The van der Waals surface area contributed by atoms with E-state index in [1.807, 2.05) is 18.2 Å². The minimum atomic E-state index is -0.242. The quantitative estimate of drug-likeness (QED) is 0.431. The number of nitrogens with zero attached hydrogens (tertiary/aromatic N) is 1. The molecule has 0 spiro atoms. The molecular weight excluding hydrogens is 458 g/mol. The number of carbonyl (C=O) groups is 2. The van der Waals surface area contributed by atoms with E-state index in [4.69, 9.17) is 9.47 Å². The minimum Gasteiger partial charge on any atom is -0.493 e. The summed E-state index contributed by atoms with van der Waals surface area (Å²) in [4.78, 5) is 29.6. The average molecular weight is 486 g/mol. The molecule has 1 aliphatic carbocycles. The van der Waals surface area contributed by atoms with Gasteiger partial charge in [0.05, 0.1) is 30.2 Å². The molecule has 0 atom stereocenters. The van der Waals surface area contributed by atoms with Gasteiger partial charge < -0.3 is 20.1 Å². The van der Waals surface area contributed by atoms with Gasteiger partial charge in [-0.3, -0.25) is 9.59 Å². The summed E-state index contributed by atoms with van der Waals surface area (Å²) in [5.41, 5.74) is 1.99. The molecule has 1 saturated carbocycles. The van der Waals surface area contributed by atoms with Crippen molar-refractivity contribution >= 4 is 50.8 Å². The number of thiazole rings is 1. The first kappa shape index (κ1) is 23.4. The Labute approximate surface area is 201 Å². The lowest BCUT2D eigenvalue weighted by molar-refractivity contribution is -0.119. The average Bonchev–Trinajstić information content (AvgIpc) is 3.25. The van der Waals surface area contributed by atoms with Gasteiger partial charge in [-0.2, -0.15) is 0 Å². The number of amides is 2. The zero-order valence-electron chi connectivity index (χ0n) is 18.7. The van der Waals surface area contributed by atoms with Crippen molar-refractivity contribution in [1.29, 1.82) is 0 Å². The summed E-state index contributed by atoms with van der Waals surface area (Å²) in [5.74, 6) is 1.25. The zero-order chi connectivity index (χ0) is 23.2. The van der Waals surface area contributed by atoms with Gasteiger partial charge >= 0.3 is 0 Å². The molecule has 2 amide bonds. The van der Waals surface area contributed by atoms with Crippen molar-refractivity contribution in [1.82, 2.24) is 10.3 Å². The largest absolute Gasteiger partial charge is 0.493 e. The highest BCUT2D eigenvalue weighted by atomic mass is 32.2. The predicted molar refractivity (Wildman–Crippen MR) is 133 cm³/mol. The Balaban J connectivity index is 1.37. The van der Waals surface area contributed by atoms with Gasteiger partial charge in [-0.25, -0.2) is 4.98 Å². The molecule has 2 N–H and O–H groups in total. The van der Waals surface area contributed by atoms with Gasteiger partial charge in [0, 0.05) is 17.3 Å².